The van der Waals surface area contributed by atoms with E-state index in [0.717, 1.165) is 34.4 Å². The number of amides is 2. The number of hydrogen-bond acceptors (Lipinski definition) is 7. The SMILES string of the molecule is CC(=O)N1CCN(c2c(C)n(CC(=O)Nc3ccc(C(F)(F)F)cc3)c3nc(C4=CCC(N5CCC(F)(F)C5)CC4)nn3c2=O)CC1. The number of carbonyl (C=O) groups excluding carboxylic acids is 2. The van der Waals surface area contributed by atoms with Gasteiger partial charge in [-0.25, -0.2) is 8.78 Å². The summed E-state index contributed by atoms with van der Waals surface area (Å²) in [6.07, 6.45) is -1.08. The summed E-state index contributed by atoms with van der Waals surface area (Å²) in [5.41, 5.74) is 0.379. The van der Waals surface area contributed by atoms with Crippen LogP contribution in [0.5, 0.6) is 0 Å². The predicted molar refractivity (Wildman–Crippen MR) is 163 cm³/mol. The van der Waals surface area contributed by atoms with Crippen LogP contribution < -0.4 is 15.8 Å². The van der Waals surface area contributed by atoms with Crippen LogP contribution in [0, 0.1) is 6.92 Å². The summed E-state index contributed by atoms with van der Waals surface area (Å²) in [6, 6.07) is 4.05. The number of alkyl halides is 5. The first-order valence-corrected chi connectivity index (χ1v) is 15.5. The molecule has 2 aromatic heterocycles. The van der Waals surface area contributed by atoms with Crippen LogP contribution >= 0.6 is 0 Å². The number of halogens is 5. The van der Waals surface area contributed by atoms with E-state index in [2.05, 4.69) is 15.4 Å². The zero-order chi connectivity index (χ0) is 33.7. The van der Waals surface area contributed by atoms with Crippen molar-refractivity contribution in [2.24, 2.45) is 0 Å². The maximum absolute atomic E-state index is 13.9. The van der Waals surface area contributed by atoms with Gasteiger partial charge in [0.1, 0.15) is 12.2 Å². The van der Waals surface area contributed by atoms with Crippen LogP contribution in [0.1, 0.15) is 49.7 Å². The number of likely N-dealkylation sites (tertiary alicyclic amines) is 1. The fourth-order valence-electron chi connectivity index (χ4n) is 6.60. The standard InChI is InChI=1S/C31H35F5N8O3/c1-19-26(41-15-13-40(14-16-41)20(2)45)28(47)44-29(43(19)17-25(46)37-23-7-5-22(6-8-23)31(34,35)36)38-27(39-44)21-3-9-24(10-4-21)42-12-11-30(32,33)18-42/h3,5-8,24H,4,9-18H2,1-2H3,(H,37,46). The summed E-state index contributed by atoms with van der Waals surface area (Å²) < 4.78 is 69.3. The molecule has 2 saturated heterocycles. The molecule has 1 aliphatic carbocycles. The molecule has 2 fully saturated rings. The highest BCUT2D eigenvalue weighted by molar-refractivity contribution is 5.91. The highest BCUT2D eigenvalue weighted by Crippen LogP contribution is 2.34. The van der Waals surface area contributed by atoms with Gasteiger partial charge in [0.15, 0.2) is 5.82 Å². The molecule has 3 aromatic rings. The Hall–Kier alpha value is -4.34. The molecule has 252 valence electrons. The van der Waals surface area contributed by atoms with E-state index in [4.69, 9.17) is 0 Å². The Bertz CT molecular complexity index is 1770. The number of nitrogens with one attached hydrogen (secondary N) is 1. The van der Waals surface area contributed by atoms with Crippen LogP contribution in [0.2, 0.25) is 0 Å². The first-order valence-electron chi connectivity index (χ1n) is 15.5. The number of nitrogens with zero attached hydrogens (tertiary/aromatic N) is 7. The number of carbonyl (C=O) groups is 2. The van der Waals surface area contributed by atoms with Crippen molar-refractivity contribution in [3.63, 3.8) is 0 Å². The predicted octanol–water partition coefficient (Wildman–Crippen LogP) is 3.80. The number of benzene rings is 1. The maximum atomic E-state index is 13.9. The summed E-state index contributed by atoms with van der Waals surface area (Å²) >= 11 is 0. The summed E-state index contributed by atoms with van der Waals surface area (Å²) in [7, 11) is 0. The zero-order valence-corrected chi connectivity index (χ0v) is 26.0. The lowest BCUT2D eigenvalue weighted by molar-refractivity contribution is -0.137. The van der Waals surface area contributed by atoms with E-state index >= 15 is 0 Å². The molecule has 6 rings (SSSR count). The molecule has 11 nitrogen and oxygen atoms in total. The average Bonchev–Trinajstić information content (AvgIpc) is 3.63. The van der Waals surface area contributed by atoms with Gasteiger partial charge in [-0.2, -0.15) is 22.7 Å². The Labute approximate surface area is 266 Å². The van der Waals surface area contributed by atoms with Crippen molar-refractivity contribution in [1.29, 1.82) is 0 Å². The lowest BCUT2D eigenvalue weighted by Gasteiger charge is -2.36. The smallest absolute Gasteiger partial charge is 0.362 e. The van der Waals surface area contributed by atoms with Gasteiger partial charge in [-0.1, -0.05) is 6.08 Å². The largest absolute Gasteiger partial charge is 0.416 e. The van der Waals surface area contributed by atoms with Crippen molar-refractivity contribution in [3.05, 3.63) is 57.8 Å². The van der Waals surface area contributed by atoms with Crippen LogP contribution in [-0.2, 0) is 22.3 Å². The Morgan fingerprint density at radius 1 is 1.06 bits per heavy atom. The van der Waals surface area contributed by atoms with E-state index in [9.17, 15) is 36.3 Å². The number of allylic oxidation sites excluding steroid dienone is 1. The van der Waals surface area contributed by atoms with E-state index in [1.165, 1.54) is 6.92 Å². The van der Waals surface area contributed by atoms with Crippen LogP contribution in [-0.4, -0.2) is 92.0 Å². The fraction of sp³-hybridized carbons (Fsp3) is 0.516. The van der Waals surface area contributed by atoms with Crippen molar-refractivity contribution in [3.8, 4) is 0 Å². The van der Waals surface area contributed by atoms with E-state index in [-0.39, 0.29) is 42.9 Å². The number of rotatable bonds is 6. The Kier molecular flexibility index (Phi) is 8.57. The molecule has 0 bridgehead atoms. The third-order valence-electron chi connectivity index (χ3n) is 9.20. The third-order valence-corrected chi connectivity index (χ3v) is 9.20. The zero-order valence-electron chi connectivity index (χ0n) is 26.0. The summed E-state index contributed by atoms with van der Waals surface area (Å²) in [5, 5.41) is 7.16. The molecule has 1 N–H and O–H groups in total. The molecule has 0 saturated carbocycles. The van der Waals surface area contributed by atoms with Crippen LogP contribution in [0.4, 0.5) is 33.3 Å². The van der Waals surface area contributed by atoms with Crippen LogP contribution in [0.15, 0.2) is 35.1 Å². The molecule has 1 unspecified atom stereocenters. The molecular weight excluding hydrogens is 627 g/mol. The maximum Gasteiger partial charge on any atom is 0.416 e. The van der Waals surface area contributed by atoms with Gasteiger partial charge in [-0.05, 0) is 56.0 Å². The summed E-state index contributed by atoms with van der Waals surface area (Å²) in [5.74, 6) is -2.91. The first kappa shape index (κ1) is 32.6. The highest BCUT2D eigenvalue weighted by atomic mass is 19.4. The number of piperazine rings is 1. The van der Waals surface area contributed by atoms with Gasteiger partial charge in [0.05, 0.1) is 12.1 Å². The van der Waals surface area contributed by atoms with Gasteiger partial charge in [-0.15, -0.1) is 5.10 Å². The van der Waals surface area contributed by atoms with Gasteiger partial charge in [0.25, 0.3) is 11.5 Å². The first-order chi connectivity index (χ1) is 22.2. The second-order valence-corrected chi connectivity index (χ2v) is 12.3. The molecule has 47 heavy (non-hydrogen) atoms. The monoisotopic (exact) mass is 662 g/mol. The summed E-state index contributed by atoms with van der Waals surface area (Å²) in [4.78, 5) is 49.1. The molecule has 4 heterocycles. The number of hydrogen-bond donors (Lipinski definition) is 1. The normalized spacial score (nSPS) is 20.5. The van der Waals surface area contributed by atoms with Gasteiger partial charge < -0.3 is 19.7 Å². The van der Waals surface area contributed by atoms with E-state index in [1.54, 1.807) is 16.4 Å². The van der Waals surface area contributed by atoms with Crippen molar-refractivity contribution < 1.29 is 31.5 Å². The lowest BCUT2D eigenvalue weighted by Crippen LogP contribution is -2.50. The van der Waals surface area contributed by atoms with Crippen molar-refractivity contribution in [2.75, 3.05) is 49.5 Å². The average molecular weight is 663 g/mol. The van der Waals surface area contributed by atoms with Gasteiger partial charge in [0.2, 0.25) is 17.6 Å². The third kappa shape index (κ3) is 6.73. The second kappa shape index (κ2) is 12.4. The van der Waals surface area contributed by atoms with E-state index in [0.29, 0.717) is 69.2 Å². The Morgan fingerprint density at radius 2 is 1.77 bits per heavy atom. The molecule has 2 aliphatic heterocycles. The van der Waals surface area contributed by atoms with Crippen LogP contribution in [0.3, 0.4) is 0 Å². The van der Waals surface area contributed by atoms with Crippen molar-refractivity contribution >= 4 is 34.5 Å². The van der Waals surface area contributed by atoms with Gasteiger partial charge >= 0.3 is 6.18 Å². The number of aromatic nitrogens is 4. The van der Waals surface area contributed by atoms with Crippen LogP contribution in [0.25, 0.3) is 11.4 Å². The molecule has 1 aromatic carbocycles. The van der Waals surface area contributed by atoms with Gasteiger partial charge in [-0.3, -0.25) is 19.3 Å². The molecule has 2 amide bonds. The minimum Gasteiger partial charge on any atom is -0.362 e. The molecule has 0 spiro atoms. The van der Waals surface area contributed by atoms with E-state index in [1.807, 2.05) is 15.9 Å². The molecular formula is C31H35F5N8O3. The lowest BCUT2D eigenvalue weighted by atomic mass is 9.94. The quantitative estimate of drug-likeness (QED) is 0.401. The Balaban J connectivity index is 1.31. The molecule has 16 heteroatoms. The molecule has 3 aliphatic rings. The minimum absolute atomic E-state index is 0.0272. The number of anilines is 2. The molecule has 0 radical (unpaired) electrons. The second-order valence-electron chi connectivity index (χ2n) is 12.3. The number of fused-ring (bicyclic) bond motifs is 1. The van der Waals surface area contributed by atoms with E-state index < -0.39 is 29.1 Å². The minimum atomic E-state index is -4.52. The topological polar surface area (TPSA) is 108 Å². The fourth-order valence-corrected chi connectivity index (χ4v) is 6.60. The highest BCUT2D eigenvalue weighted by Gasteiger charge is 2.41. The van der Waals surface area contributed by atoms with Crippen molar-refractivity contribution in [2.45, 2.75) is 64.2 Å². The Morgan fingerprint density at radius 3 is 2.34 bits per heavy atom. The van der Waals surface area contributed by atoms with Crippen molar-refractivity contribution in [1.82, 2.24) is 29.0 Å². The molecule has 1 atom stereocenters. The summed E-state index contributed by atoms with van der Waals surface area (Å²) in [6.45, 7) is 4.48. The van der Waals surface area contributed by atoms with Gasteiger partial charge in [0, 0.05) is 63.5 Å².